The number of imidazole rings is 1. The van der Waals surface area contributed by atoms with Gasteiger partial charge in [0.1, 0.15) is 5.65 Å². The number of nitrogens with two attached hydrogens (primary N) is 2. The molecule has 0 aliphatic carbocycles. The summed E-state index contributed by atoms with van der Waals surface area (Å²) < 4.78 is 8.94. The fraction of sp³-hybridized carbons (Fsp3) is 0.263. The molecule has 0 fully saturated rings. The van der Waals surface area contributed by atoms with E-state index >= 15 is 0 Å². The normalized spacial score (nSPS) is 12.4. The second-order valence-electron chi connectivity index (χ2n) is 6.82. The first-order chi connectivity index (χ1) is 14.0. The third-order valence-electron chi connectivity index (χ3n) is 4.82. The van der Waals surface area contributed by atoms with E-state index < -0.39 is 0 Å². The Kier molecular flexibility index (Phi) is 4.87. The molecule has 4 rings (SSSR count). The van der Waals surface area contributed by atoms with Crippen molar-refractivity contribution < 1.29 is 4.74 Å². The van der Waals surface area contributed by atoms with Crippen molar-refractivity contribution in [1.29, 1.82) is 0 Å². The van der Waals surface area contributed by atoms with Gasteiger partial charge < -0.3 is 14.9 Å². The van der Waals surface area contributed by atoms with Gasteiger partial charge in [-0.2, -0.15) is 5.10 Å². The van der Waals surface area contributed by atoms with Gasteiger partial charge in [0.05, 0.1) is 42.6 Å². The lowest BCUT2D eigenvalue weighted by atomic mass is 10.1. The Morgan fingerprint density at radius 1 is 1.17 bits per heavy atom. The van der Waals surface area contributed by atoms with Crippen molar-refractivity contribution in [2.45, 2.75) is 19.6 Å². The molecule has 0 aromatic carbocycles. The van der Waals surface area contributed by atoms with Gasteiger partial charge in [-0.05, 0) is 18.6 Å². The molecule has 0 spiro atoms. The number of hydrogen-bond donors (Lipinski definition) is 2. The molecular weight excluding hydrogens is 370 g/mol. The molecule has 1 atom stereocenters. The Morgan fingerprint density at radius 3 is 2.72 bits per heavy atom. The molecule has 1 unspecified atom stereocenters. The molecule has 4 heterocycles. The number of nitrogens with zero attached hydrogens (tertiary/aromatic N) is 7. The van der Waals surface area contributed by atoms with Crippen LogP contribution in [-0.4, -0.2) is 36.2 Å². The van der Waals surface area contributed by atoms with E-state index in [9.17, 15) is 0 Å². The van der Waals surface area contributed by atoms with E-state index in [1.54, 1.807) is 30.4 Å². The van der Waals surface area contributed by atoms with Crippen molar-refractivity contribution in [3.63, 3.8) is 0 Å². The number of hydrogen-bond acceptors (Lipinski definition) is 8. The minimum absolute atomic E-state index is 0.210. The van der Waals surface area contributed by atoms with Crippen molar-refractivity contribution in [3.8, 4) is 11.3 Å². The SMILES string of the molecule is COCc1cnc2ccc(C(C)N(N)c3nc(-c4cnn(C)c4)cnc3N)cn12. The molecule has 0 radical (unpaired) electrons. The molecule has 0 saturated heterocycles. The molecular formula is C19H23N9O. The average Bonchev–Trinajstić information content (AvgIpc) is 3.33. The lowest BCUT2D eigenvalue weighted by molar-refractivity contribution is 0.181. The summed E-state index contributed by atoms with van der Waals surface area (Å²) in [5.74, 6) is 7.08. The molecule has 0 amide bonds. The lowest BCUT2D eigenvalue weighted by Gasteiger charge is -2.26. The minimum atomic E-state index is -0.210. The number of anilines is 2. The van der Waals surface area contributed by atoms with Gasteiger partial charge >= 0.3 is 0 Å². The molecule has 0 aliphatic heterocycles. The van der Waals surface area contributed by atoms with Crippen LogP contribution in [0.1, 0.15) is 24.2 Å². The van der Waals surface area contributed by atoms with Gasteiger partial charge in [0.25, 0.3) is 0 Å². The number of ether oxygens (including phenoxy) is 1. The first-order valence-electron chi connectivity index (χ1n) is 9.08. The maximum Gasteiger partial charge on any atom is 0.186 e. The van der Waals surface area contributed by atoms with E-state index in [0.29, 0.717) is 18.1 Å². The number of fused-ring (bicyclic) bond motifs is 1. The van der Waals surface area contributed by atoms with Gasteiger partial charge in [-0.25, -0.2) is 20.8 Å². The second kappa shape index (κ2) is 7.49. The standard InChI is InChI=1S/C19H23N9O/c1-12(13-4-5-17-22-7-15(11-29-3)27(17)10-13)28(21)19-18(20)23-8-16(25-19)14-6-24-26(2)9-14/h4-10,12H,11,21H2,1-3H3,(H2,20,23). The van der Waals surface area contributed by atoms with E-state index in [4.69, 9.17) is 16.3 Å². The third-order valence-corrected chi connectivity index (χ3v) is 4.82. The van der Waals surface area contributed by atoms with E-state index in [-0.39, 0.29) is 11.9 Å². The zero-order chi connectivity index (χ0) is 20.5. The van der Waals surface area contributed by atoms with Crippen LogP contribution < -0.4 is 16.6 Å². The molecule has 0 saturated carbocycles. The zero-order valence-corrected chi connectivity index (χ0v) is 16.5. The Bertz CT molecular complexity index is 1150. The Morgan fingerprint density at radius 2 is 2.00 bits per heavy atom. The predicted molar refractivity (Wildman–Crippen MR) is 110 cm³/mol. The summed E-state index contributed by atoms with van der Waals surface area (Å²) in [5, 5.41) is 5.70. The Labute approximate surface area is 167 Å². The zero-order valence-electron chi connectivity index (χ0n) is 16.5. The van der Waals surface area contributed by atoms with Crippen molar-refractivity contribution >= 4 is 17.3 Å². The van der Waals surface area contributed by atoms with Crippen LogP contribution >= 0.6 is 0 Å². The largest absolute Gasteiger partial charge is 0.381 e. The average molecular weight is 393 g/mol. The highest BCUT2D eigenvalue weighted by molar-refractivity contribution is 5.65. The fourth-order valence-corrected chi connectivity index (χ4v) is 3.16. The minimum Gasteiger partial charge on any atom is -0.381 e. The van der Waals surface area contributed by atoms with E-state index in [2.05, 4.69) is 20.1 Å². The number of aryl methyl sites for hydroxylation is 1. The van der Waals surface area contributed by atoms with Gasteiger partial charge in [-0.15, -0.1) is 0 Å². The highest BCUT2D eigenvalue weighted by atomic mass is 16.5. The van der Waals surface area contributed by atoms with E-state index in [1.165, 1.54) is 5.01 Å². The van der Waals surface area contributed by atoms with Crippen LogP contribution in [0.4, 0.5) is 11.6 Å². The molecule has 4 aromatic heterocycles. The summed E-state index contributed by atoms with van der Waals surface area (Å²) in [6.07, 6.45) is 8.99. The predicted octanol–water partition coefficient (Wildman–Crippen LogP) is 1.69. The van der Waals surface area contributed by atoms with E-state index in [0.717, 1.165) is 22.5 Å². The highest BCUT2D eigenvalue weighted by Crippen LogP contribution is 2.28. The monoisotopic (exact) mass is 393 g/mol. The van der Waals surface area contributed by atoms with E-state index in [1.807, 2.05) is 42.9 Å². The van der Waals surface area contributed by atoms with Crippen LogP contribution in [-0.2, 0) is 18.4 Å². The smallest absolute Gasteiger partial charge is 0.186 e. The van der Waals surface area contributed by atoms with Gasteiger partial charge in [0, 0.05) is 32.1 Å². The fourth-order valence-electron chi connectivity index (χ4n) is 3.16. The quantitative estimate of drug-likeness (QED) is 0.374. The van der Waals surface area contributed by atoms with Crippen molar-refractivity contribution in [1.82, 2.24) is 29.1 Å². The number of pyridine rings is 1. The first-order valence-corrected chi connectivity index (χ1v) is 9.08. The molecule has 10 nitrogen and oxygen atoms in total. The number of rotatable bonds is 6. The van der Waals surface area contributed by atoms with Crippen molar-refractivity contribution in [3.05, 3.63) is 54.4 Å². The topological polar surface area (TPSA) is 125 Å². The van der Waals surface area contributed by atoms with Gasteiger partial charge in [-0.1, -0.05) is 6.07 Å². The van der Waals surface area contributed by atoms with Gasteiger partial charge in [-0.3, -0.25) is 9.69 Å². The number of aromatic nitrogens is 6. The summed E-state index contributed by atoms with van der Waals surface area (Å²) in [6, 6.07) is 3.72. The summed E-state index contributed by atoms with van der Waals surface area (Å²) in [6.45, 7) is 2.45. The molecule has 4 N–H and O–H groups in total. The van der Waals surface area contributed by atoms with Crippen LogP contribution in [0.3, 0.4) is 0 Å². The molecule has 150 valence electrons. The molecule has 10 heteroatoms. The Balaban J connectivity index is 1.68. The summed E-state index contributed by atoms with van der Waals surface area (Å²) in [7, 11) is 3.50. The van der Waals surface area contributed by atoms with Gasteiger partial charge in [0.15, 0.2) is 11.6 Å². The third kappa shape index (κ3) is 3.50. The summed E-state index contributed by atoms with van der Waals surface area (Å²) in [5.41, 5.74) is 10.3. The van der Waals surface area contributed by atoms with Crippen LogP contribution in [0.25, 0.3) is 16.9 Å². The van der Waals surface area contributed by atoms with Crippen molar-refractivity contribution in [2.75, 3.05) is 17.9 Å². The molecule has 0 aliphatic rings. The number of hydrazine groups is 1. The molecule has 0 bridgehead atoms. The first kappa shape index (κ1) is 18.8. The highest BCUT2D eigenvalue weighted by Gasteiger charge is 2.20. The molecule has 29 heavy (non-hydrogen) atoms. The second-order valence-corrected chi connectivity index (χ2v) is 6.82. The number of nitrogen functional groups attached to an aromatic ring is 1. The van der Waals surface area contributed by atoms with Crippen LogP contribution in [0.5, 0.6) is 0 Å². The van der Waals surface area contributed by atoms with Crippen LogP contribution in [0, 0.1) is 0 Å². The molecule has 4 aromatic rings. The van der Waals surface area contributed by atoms with Crippen LogP contribution in [0.15, 0.2) is 43.1 Å². The lowest BCUT2D eigenvalue weighted by Crippen LogP contribution is -2.35. The maximum absolute atomic E-state index is 6.42. The van der Waals surface area contributed by atoms with Gasteiger partial charge in [0.2, 0.25) is 0 Å². The maximum atomic E-state index is 6.42. The number of methoxy groups -OCH3 is 1. The Hall–Kier alpha value is -3.50. The van der Waals surface area contributed by atoms with Crippen molar-refractivity contribution in [2.24, 2.45) is 12.9 Å². The summed E-state index contributed by atoms with van der Waals surface area (Å²) in [4.78, 5) is 13.3. The van der Waals surface area contributed by atoms with Crippen LogP contribution in [0.2, 0.25) is 0 Å². The summed E-state index contributed by atoms with van der Waals surface area (Å²) >= 11 is 0.